The van der Waals surface area contributed by atoms with Crippen molar-refractivity contribution in [2.75, 3.05) is 4.90 Å². The molecule has 6 nitrogen and oxygen atoms in total. The molecule has 26 heavy (non-hydrogen) atoms. The Labute approximate surface area is 148 Å². The normalized spacial score (nSPS) is 10.8. The van der Waals surface area contributed by atoms with Crippen molar-refractivity contribution in [3.63, 3.8) is 0 Å². The van der Waals surface area contributed by atoms with Gasteiger partial charge in [-0.05, 0) is 24.3 Å². The lowest BCUT2D eigenvalue weighted by Gasteiger charge is -2.21. The molecule has 0 radical (unpaired) electrons. The molecule has 2 aromatic carbocycles. The minimum atomic E-state index is -0.438. The van der Waals surface area contributed by atoms with Crippen LogP contribution in [0.15, 0.2) is 82.5 Å². The largest absolute Gasteiger partial charge is 0.463 e. The number of aromatic amines is 1. The monoisotopic (exact) mass is 345 g/mol. The van der Waals surface area contributed by atoms with E-state index < -0.39 is 5.91 Å². The van der Waals surface area contributed by atoms with Gasteiger partial charge < -0.3 is 14.3 Å². The molecule has 4 aromatic rings. The second-order valence-corrected chi connectivity index (χ2v) is 5.74. The van der Waals surface area contributed by atoms with E-state index in [1.54, 1.807) is 36.7 Å². The molecule has 0 aliphatic rings. The first-order chi connectivity index (χ1) is 12.7. The summed E-state index contributed by atoms with van der Waals surface area (Å²) in [6.07, 6.45) is 4.53. The summed E-state index contributed by atoms with van der Waals surface area (Å²) in [5.74, 6) is 0.180. The van der Waals surface area contributed by atoms with Gasteiger partial charge in [0.05, 0.1) is 11.9 Å². The van der Waals surface area contributed by atoms with Crippen LogP contribution >= 0.6 is 0 Å². The first-order valence-electron chi connectivity index (χ1n) is 8.10. The van der Waals surface area contributed by atoms with E-state index >= 15 is 0 Å². The Bertz CT molecular complexity index is 1100. The fourth-order valence-corrected chi connectivity index (χ4v) is 2.79. The van der Waals surface area contributed by atoms with Crippen molar-refractivity contribution >= 4 is 22.6 Å². The molecule has 0 fully saturated rings. The number of hydrogen-bond acceptors (Lipinski definition) is 4. The fourth-order valence-electron chi connectivity index (χ4n) is 2.79. The molecule has 1 N–H and O–H groups in total. The Morgan fingerprint density at radius 3 is 2.62 bits per heavy atom. The number of hydrogen-bond donors (Lipinski definition) is 1. The summed E-state index contributed by atoms with van der Waals surface area (Å²) in [5, 5.41) is 0.379. The maximum atomic E-state index is 13.2. The van der Waals surface area contributed by atoms with Crippen LogP contribution in [0, 0.1) is 0 Å². The van der Waals surface area contributed by atoms with Crippen LogP contribution in [0.4, 0.5) is 5.69 Å². The van der Waals surface area contributed by atoms with E-state index in [0.717, 1.165) is 0 Å². The number of H-pyrrole nitrogens is 1. The minimum Gasteiger partial charge on any atom is -0.463 e. The maximum absolute atomic E-state index is 13.2. The van der Waals surface area contributed by atoms with E-state index in [4.69, 9.17) is 4.42 Å². The lowest BCUT2D eigenvalue weighted by molar-refractivity contribution is 0.0982. The van der Waals surface area contributed by atoms with Crippen LogP contribution in [0.25, 0.3) is 11.0 Å². The van der Waals surface area contributed by atoms with Gasteiger partial charge in [-0.1, -0.05) is 30.3 Å². The van der Waals surface area contributed by atoms with E-state index in [2.05, 4.69) is 9.97 Å². The molecule has 6 heteroatoms. The number of benzene rings is 2. The summed E-state index contributed by atoms with van der Waals surface area (Å²) in [6, 6.07) is 16.0. The van der Waals surface area contributed by atoms with Crippen molar-refractivity contribution in [1.29, 1.82) is 0 Å². The predicted octanol–water partition coefficient (Wildman–Crippen LogP) is 3.36. The molecule has 4 rings (SSSR count). The van der Waals surface area contributed by atoms with Gasteiger partial charge in [-0.2, -0.15) is 0 Å². The third kappa shape index (κ3) is 2.88. The van der Waals surface area contributed by atoms with E-state index in [9.17, 15) is 9.59 Å². The lowest BCUT2D eigenvalue weighted by Crippen LogP contribution is -2.34. The highest BCUT2D eigenvalue weighted by Gasteiger charge is 2.23. The van der Waals surface area contributed by atoms with E-state index in [0.29, 0.717) is 22.5 Å². The van der Waals surface area contributed by atoms with E-state index in [-0.39, 0.29) is 17.5 Å². The van der Waals surface area contributed by atoms with Gasteiger partial charge in [0.15, 0.2) is 0 Å². The van der Waals surface area contributed by atoms with Crippen molar-refractivity contribution in [3.05, 3.63) is 94.9 Å². The van der Waals surface area contributed by atoms with E-state index in [1.165, 1.54) is 11.2 Å². The number of anilines is 1. The van der Waals surface area contributed by atoms with Crippen molar-refractivity contribution < 1.29 is 9.21 Å². The van der Waals surface area contributed by atoms with Gasteiger partial charge in [-0.3, -0.25) is 9.59 Å². The molecule has 0 spiro atoms. The zero-order valence-electron chi connectivity index (χ0n) is 13.8. The molecule has 0 aliphatic heterocycles. The molecule has 2 aromatic heterocycles. The molecule has 0 unspecified atom stereocenters. The summed E-state index contributed by atoms with van der Waals surface area (Å²) in [7, 11) is 0. The van der Waals surface area contributed by atoms with Crippen LogP contribution in [0.3, 0.4) is 0 Å². The van der Waals surface area contributed by atoms with Crippen LogP contribution in [0.1, 0.15) is 16.2 Å². The molecule has 128 valence electrons. The number of amides is 1. The highest BCUT2D eigenvalue weighted by molar-refractivity contribution is 6.06. The van der Waals surface area contributed by atoms with Gasteiger partial charge in [0, 0.05) is 18.1 Å². The Hall–Kier alpha value is -3.67. The van der Waals surface area contributed by atoms with Gasteiger partial charge in [-0.25, -0.2) is 4.98 Å². The van der Waals surface area contributed by atoms with Gasteiger partial charge in [0.2, 0.25) is 5.43 Å². The smallest absolute Gasteiger partial charge is 0.265 e. The Kier molecular flexibility index (Phi) is 4.07. The van der Waals surface area contributed by atoms with Gasteiger partial charge in [-0.15, -0.1) is 0 Å². The topological polar surface area (TPSA) is 79.2 Å². The first kappa shape index (κ1) is 15.8. The van der Waals surface area contributed by atoms with Crippen molar-refractivity contribution in [3.8, 4) is 0 Å². The molecular formula is C20H15N3O3. The first-order valence-corrected chi connectivity index (χ1v) is 8.10. The minimum absolute atomic E-state index is 0.0147. The second kappa shape index (κ2) is 6.68. The standard InChI is InChI=1S/C20H15N3O3/c24-19-15-8-4-5-9-17(15)26-13-16(19)20(25)23(12-18-21-10-11-22-18)14-6-2-1-3-7-14/h1-11,13H,12H2,(H,21,22). The summed E-state index contributed by atoms with van der Waals surface area (Å²) >= 11 is 0. The number of nitrogens with zero attached hydrogens (tertiary/aromatic N) is 2. The van der Waals surface area contributed by atoms with Crippen LogP contribution in [0.5, 0.6) is 0 Å². The molecule has 0 atom stereocenters. The highest BCUT2D eigenvalue weighted by Crippen LogP contribution is 2.19. The van der Waals surface area contributed by atoms with Gasteiger partial charge >= 0.3 is 0 Å². The third-order valence-corrected chi connectivity index (χ3v) is 4.09. The molecule has 2 heterocycles. The second-order valence-electron chi connectivity index (χ2n) is 5.74. The molecule has 0 saturated carbocycles. The van der Waals surface area contributed by atoms with E-state index in [1.807, 2.05) is 30.3 Å². The summed E-state index contributed by atoms with van der Waals surface area (Å²) in [4.78, 5) is 34.6. The SMILES string of the molecule is O=C(c1coc2ccccc2c1=O)N(Cc1ncc[nH]1)c1ccccc1. The van der Waals surface area contributed by atoms with Crippen molar-refractivity contribution in [1.82, 2.24) is 9.97 Å². The van der Waals surface area contributed by atoms with Gasteiger partial charge in [0.25, 0.3) is 5.91 Å². The third-order valence-electron chi connectivity index (χ3n) is 4.09. The number of carbonyl (C=O) groups excluding carboxylic acids is 1. The number of rotatable bonds is 4. The average Bonchev–Trinajstić information content (AvgIpc) is 3.20. The molecule has 1 amide bonds. The van der Waals surface area contributed by atoms with Crippen molar-refractivity contribution in [2.45, 2.75) is 6.54 Å². The number of para-hydroxylation sites is 2. The van der Waals surface area contributed by atoms with Crippen LogP contribution in [0.2, 0.25) is 0 Å². The molecule has 0 saturated heterocycles. The number of aromatic nitrogens is 2. The lowest BCUT2D eigenvalue weighted by atomic mass is 10.1. The summed E-state index contributed by atoms with van der Waals surface area (Å²) in [6.45, 7) is 0.210. The highest BCUT2D eigenvalue weighted by atomic mass is 16.3. The Balaban J connectivity index is 1.79. The Morgan fingerprint density at radius 2 is 1.85 bits per heavy atom. The number of imidazole rings is 1. The average molecular weight is 345 g/mol. The number of carbonyl (C=O) groups is 1. The maximum Gasteiger partial charge on any atom is 0.265 e. The van der Waals surface area contributed by atoms with Crippen molar-refractivity contribution in [2.24, 2.45) is 0 Å². The van der Waals surface area contributed by atoms with Crippen LogP contribution < -0.4 is 10.3 Å². The predicted molar refractivity (Wildman–Crippen MR) is 98.0 cm³/mol. The number of nitrogens with one attached hydrogen (secondary N) is 1. The molecular weight excluding hydrogens is 330 g/mol. The Morgan fingerprint density at radius 1 is 1.08 bits per heavy atom. The zero-order valence-corrected chi connectivity index (χ0v) is 13.8. The molecule has 0 aliphatic carbocycles. The molecule has 0 bridgehead atoms. The summed E-state index contributed by atoms with van der Waals surface area (Å²) < 4.78 is 5.50. The zero-order chi connectivity index (χ0) is 17.9. The van der Waals surface area contributed by atoms with Crippen LogP contribution in [-0.4, -0.2) is 15.9 Å². The quantitative estimate of drug-likeness (QED) is 0.615. The van der Waals surface area contributed by atoms with Crippen LogP contribution in [-0.2, 0) is 6.54 Å². The number of fused-ring (bicyclic) bond motifs is 1. The fraction of sp³-hybridized carbons (Fsp3) is 0.0500. The summed E-state index contributed by atoms with van der Waals surface area (Å²) in [5.41, 5.74) is 0.754. The van der Waals surface area contributed by atoms with Gasteiger partial charge in [0.1, 0.15) is 23.2 Å².